The van der Waals surface area contributed by atoms with E-state index in [0.717, 1.165) is 12.0 Å². The third-order valence-electron chi connectivity index (χ3n) is 3.83. The van der Waals surface area contributed by atoms with Gasteiger partial charge in [0.25, 0.3) is 17.2 Å². The van der Waals surface area contributed by atoms with Crippen molar-refractivity contribution in [1.82, 2.24) is 19.9 Å². The molecule has 0 radical (unpaired) electrons. The smallest absolute Gasteiger partial charge is 0.267 e. The highest BCUT2D eigenvalue weighted by Gasteiger charge is 2.21. The largest absolute Gasteiger partial charge is 0.352 e. The predicted octanol–water partition coefficient (Wildman–Crippen LogP) is 2.45. The Bertz CT molecular complexity index is 972. The van der Waals surface area contributed by atoms with E-state index in [0.29, 0.717) is 23.4 Å². The van der Waals surface area contributed by atoms with Gasteiger partial charge < -0.3 is 5.32 Å². The molecule has 2 aromatic heterocycles. The first kappa shape index (κ1) is 18.0. The van der Waals surface area contributed by atoms with E-state index in [9.17, 15) is 13.6 Å². The molecule has 0 saturated heterocycles. The Morgan fingerprint density at radius 1 is 1.35 bits per heavy atom. The summed E-state index contributed by atoms with van der Waals surface area (Å²) in [6.45, 7) is 4.35. The molecule has 9 heteroatoms. The van der Waals surface area contributed by atoms with Crippen LogP contribution in [-0.4, -0.2) is 35.8 Å². The second-order valence-corrected chi connectivity index (χ2v) is 6.51. The number of fused-ring (bicyclic) bond motifs is 1. The van der Waals surface area contributed by atoms with Crippen molar-refractivity contribution in [2.24, 2.45) is 0 Å². The number of hydrogen-bond acceptors (Lipinski definition) is 4. The van der Waals surface area contributed by atoms with Gasteiger partial charge in [0, 0.05) is 18.8 Å². The molecule has 1 aromatic carbocycles. The lowest BCUT2D eigenvalue weighted by Gasteiger charge is -2.20. The van der Waals surface area contributed by atoms with Crippen LogP contribution in [0.15, 0.2) is 42.7 Å². The predicted molar refractivity (Wildman–Crippen MR) is 99.7 cm³/mol. The van der Waals surface area contributed by atoms with E-state index in [1.54, 1.807) is 24.4 Å². The topological polar surface area (TPSA) is 99.8 Å². The lowest BCUT2D eigenvalue weighted by Crippen LogP contribution is -2.24. The highest BCUT2D eigenvalue weighted by molar-refractivity contribution is 7.81. The molecule has 0 saturated carbocycles. The van der Waals surface area contributed by atoms with E-state index in [1.807, 2.05) is 26.0 Å². The lowest BCUT2D eigenvalue weighted by atomic mass is 10.2. The molecule has 0 fully saturated rings. The molecule has 1 amide bonds. The third kappa shape index (κ3) is 3.44. The first-order valence-electron chi connectivity index (χ1n) is 8.12. The van der Waals surface area contributed by atoms with E-state index >= 15 is 0 Å². The Morgan fingerprint density at radius 3 is 2.81 bits per heavy atom. The Balaban J connectivity index is 2.08. The van der Waals surface area contributed by atoms with Crippen LogP contribution in [0.3, 0.4) is 0 Å². The Kier molecular flexibility index (Phi) is 5.29. The fourth-order valence-electron chi connectivity index (χ4n) is 2.55. The van der Waals surface area contributed by atoms with Crippen LogP contribution >= 0.6 is 0 Å². The van der Waals surface area contributed by atoms with E-state index in [2.05, 4.69) is 15.4 Å². The molecule has 3 rings (SSSR count). The number of hydrogen-bond donors (Lipinski definition) is 2. The molecule has 3 aromatic rings. The van der Waals surface area contributed by atoms with Crippen molar-refractivity contribution in [3.05, 3.63) is 53.9 Å². The van der Waals surface area contributed by atoms with E-state index < -0.39 is 11.3 Å². The van der Waals surface area contributed by atoms with Crippen LogP contribution in [0.25, 0.3) is 5.65 Å². The zero-order valence-electron chi connectivity index (χ0n) is 14.4. The zero-order valence-corrected chi connectivity index (χ0v) is 15.2. The summed E-state index contributed by atoms with van der Waals surface area (Å²) in [6.07, 6.45) is 3.85. The molecular weight excluding hydrogens is 354 g/mol. The van der Waals surface area contributed by atoms with Gasteiger partial charge in [-0.1, -0.05) is 25.1 Å². The normalized spacial score (nSPS) is 12.1. The summed E-state index contributed by atoms with van der Waals surface area (Å²) in [5.74, 6) is -0.0308. The molecule has 26 heavy (non-hydrogen) atoms. The molecule has 0 aliphatic heterocycles. The monoisotopic (exact) mass is 373 g/mol. The number of carbonyl (C=O) groups is 1. The molecule has 0 aliphatic carbocycles. The number of amides is 1. The van der Waals surface area contributed by atoms with Crippen LogP contribution in [0.1, 0.15) is 29.3 Å². The molecule has 0 bridgehead atoms. The number of para-hydroxylation sites is 1. The van der Waals surface area contributed by atoms with Gasteiger partial charge >= 0.3 is 0 Å². The van der Waals surface area contributed by atoms with Gasteiger partial charge in [0.2, 0.25) is 0 Å². The summed E-state index contributed by atoms with van der Waals surface area (Å²) >= 11 is -2.33. The first-order chi connectivity index (χ1) is 12.5. The molecule has 0 spiro atoms. The van der Waals surface area contributed by atoms with Gasteiger partial charge in [-0.2, -0.15) is 5.10 Å². The Hall–Kier alpha value is -2.78. The van der Waals surface area contributed by atoms with Crippen molar-refractivity contribution in [3.8, 4) is 0 Å². The standard InChI is InChI=1S/C17H19N5O3S/c1-3-9-18-17(23)13-11-19-21-10-8-15(20-16(13)21)22(26(24)25)14-7-5-4-6-12(14)2/h4-8,10-11H,3,9H2,1-2H3,(H,18,23)(H,24,25). The van der Waals surface area contributed by atoms with Crippen molar-refractivity contribution in [3.63, 3.8) is 0 Å². The number of aromatic nitrogens is 3. The first-order valence-corrected chi connectivity index (χ1v) is 9.18. The summed E-state index contributed by atoms with van der Waals surface area (Å²) in [7, 11) is 0. The van der Waals surface area contributed by atoms with E-state index in [-0.39, 0.29) is 11.7 Å². The van der Waals surface area contributed by atoms with Gasteiger partial charge in [-0.3, -0.25) is 9.35 Å². The van der Waals surface area contributed by atoms with Gasteiger partial charge in [-0.05, 0) is 25.0 Å². The molecule has 1 unspecified atom stereocenters. The average Bonchev–Trinajstić information content (AvgIpc) is 3.04. The van der Waals surface area contributed by atoms with Crippen LogP contribution in [0.2, 0.25) is 0 Å². The average molecular weight is 373 g/mol. The summed E-state index contributed by atoms with van der Waals surface area (Å²) in [4.78, 5) is 16.7. The summed E-state index contributed by atoms with van der Waals surface area (Å²) in [5, 5.41) is 6.90. The number of nitrogens with one attached hydrogen (secondary N) is 1. The van der Waals surface area contributed by atoms with Crippen molar-refractivity contribution in [1.29, 1.82) is 0 Å². The summed E-state index contributed by atoms with van der Waals surface area (Å²) in [6, 6.07) is 8.79. The van der Waals surface area contributed by atoms with Crippen LogP contribution in [0.4, 0.5) is 11.5 Å². The maximum absolute atomic E-state index is 12.3. The van der Waals surface area contributed by atoms with Gasteiger partial charge in [-0.15, -0.1) is 0 Å². The SMILES string of the molecule is CCCNC(=O)c1cnn2ccc(N(c3ccccc3C)S(=O)O)nc12. The molecule has 0 aliphatic rings. The van der Waals surface area contributed by atoms with Crippen LogP contribution < -0.4 is 9.62 Å². The number of nitrogens with zero attached hydrogens (tertiary/aromatic N) is 4. The number of carbonyl (C=O) groups excluding carboxylic acids is 1. The van der Waals surface area contributed by atoms with Crippen molar-refractivity contribution < 1.29 is 13.6 Å². The minimum Gasteiger partial charge on any atom is -0.352 e. The van der Waals surface area contributed by atoms with Crippen molar-refractivity contribution >= 4 is 34.3 Å². The molecule has 1 atom stereocenters. The number of rotatable bonds is 6. The molecule has 2 heterocycles. The van der Waals surface area contributed by atoms with Crippen molar-refractivity contribution in [2.45, 2.75) is 20.3 Å². The van der Waals surface area contributed by atoms with Crippen LogP contribution in [0.5, 0.6) is 0 Å². The van der Waals surface area contributed by atoms with Gasteiger partial charge in [0.1, 0.15) is 5.56 Å². The number of aryl methyl sites for hydroxylation is 1. The maximum atomic E-state index is 12.3. The maximum Gasteiger partial charge on any atom is 0.267 e. The number of anilines is 2. The van der Waals surface area contributed by atoms with Crippen LogP contribution in [0, 0.1) is 6.92 Å². The third-order valence-corrected chi connectivity index (χ3v) is 4.53. The van der Waals surface area contributed by atoms with Gasteiger partial charge in [0.15, 0.2) is 11.5 Å². The minimum atomic E-state index is -2.33. The lowest BCUT2D eigenvalue weighted by molar-refractivity contribution is 0.0955. The fourth-order valence-corrected chi connectivity index (χ4v) is 3.18. The molecule has 2 N–H and O–H groups in total. The fraction of sp³-hybridized carbons (Fsp3) is 0.235. The quantitative estimate of drug-likeness (QED) is 0.647. The highest BCUT2D eigenvalue weighted by atomic mass is 32.2. The minimum absolute atomic E-state index is 0.248. The zero-order chi connectivity index (χ0) is 18.7. The Morgan fingerprint density at radius 2 is 2.12 bits per heavy atom. The number of benzene rings is 1. The highest BCUT2D eigenvalue weighted by Crippen LogP contribution is 2.28. The summed E-state index contributed by atoms with van der Waals surface area (Å²) < 4.78 is 24.5. The van der Waals surface area contributed by atoms with Crippen molar-refractivity contribution in [2.75, 3.05) is 10.8 Å². The van der Waals surface area contributed by atoms with E-state index in [1.165, 1.54) is 15.0 Å². The van der Waals surface area contributed by atoms with Gasteiger partial charge in [0.05, 0.1) is 11.9 Å². The molecule has 136 valence electrons. The molecular formula is C17H19N5O3S. The molecule has 8 nitrogen and oxygen atoms in total. The second kappa shape index (κ2) is 7.63. The summed E-state index contributed by atoms with van der Waals surface area (Å²) in [5.41, 5.74) is 2.02. The van der Waals surface area contributed by atoms with Crippen LogP contribution in [-0.2, 0) is 11.3 Å². The second-order valence-electron chi connectivity index (χ2n) is 5.68. The Labute approximate surface area is 153 Å². The van der Waals surface area contributed by atoms with Gasteiger partial charge in [-0.25, -0.2) is 18.0 Å². The van der Waals surface area contributed by atoms with E-state index in [4.69, 9.17) is 0 Å².